The molecule has 0 spiro atoms. The molecule has 3 heterocycles. The first-order valence-corrected chi connectivity index (χ1v) is 14.6. The van der Waals surface area contributed by atoms with Crippen LogP contribution < -0.4 is 14.4 Å². The number of ether oxygens (including phenoxy) is 3. The van der Waals surface area contributed by atoms with E-state index >= 15 is 0 Å². The molecule has 1 fully saturated rings. The Hall–Kier alpha value is -3.36. The van der Waals surface area contributed by atoms with Crippen molar-refractivity contribution >= 4 is 29.1 Å². The molecule has 1 amide bonds. The lowest BCUT2D eigenvalue weighted by atomic mass is 10.0. The van der Waals surface area contributed by atoms with Gasteiger partial charge in [0.1, 0.15) is 0 Å². The molecule has 0 bridgehead atoms. The number of hydrogen-bond donors (Lipinski definition) is 0. The summed E-state index contributed by atoms with van der Waals surface area (Å²) < 4.78 is 17.2. The van der Waals surface area contributed by atoms with Crippen LogP contribution in [0.25, 0.3) is 5.57 Å². The maximum absolute atomic E-state index is 13.7. The Balaban J connectivity index is 1.23. The van der Waals surface area contributed by atoms with Gasteiger partial charge in [-0.25, -0.2) is 0 Å². The van der Waals surface area contributed by atoms with Crippen molar-refractivity contribution in [1.29, 1.82) is 0 Å². The molecule has 1 atom stereocenters. The highest BCUT2D eigenvalue weighted by Gasteiger charge is 2.33. The van der Waals surface area contributed by atoms with E-state index in [0.29, 0.717) is 29.4 Å². The van der Waals surface area contributed by atoms with Crippen LogP contribution in [0.2, 0.25) is 0 Å². The average molecular weight is 547 g/mol. The van der Waals surface area contributed by atoms with E-state index in [9.17, 15) is 4.79 Å². The fourth-order valence-electron chi connectivity index (χ4n) is 5.43. The summed E-state index contributed by atoms with van der Waals surface area (Å²) in [6, 6.07) is 12.2. The Morgan fingerprint density at radius 2 is 1.73 bits per heavy atom. The number of methoxy groups -OCH3 is 1. The van der Waals surface area contributed by atoms with E-state index in [4.69, 9.17) is 19.2 Å². The molecule has 0 N–H and O–H groups in total. The van der Waals surface area contributed by atoms with Crippen LogP contribution in [0.1, 0.15) is 54.9 Å². The highest BCUT2D eigenvalue weighted by molar-refractivity contribution is 6.05. The number of rotatable bonds is 12. The SMILES string of the molecule is CCCOCCCCCOc1cc2c(cc1OC)C(=O)N1C=C(c3ccc(N4CCN(C)CC4)cc3)C[C@H]1C=N2. The molecule has 3 aliphatic heterocycles. The third-order valence-corrected chi connectivity index (χ3v) is 7.86. The molecular formula is C32H42N4O4. The minimum Gasteiger partial charge on any atom is -0.493 e. The van der Waals surface area contributed by atoms with E-state index in [1.54, 1.807) is 18.1 Å². The second kappa shape index (κ2) is 13.3. The number of likely N-dealkylation sites (N-methyl/N-ethyl adjacent to an activating group) is 1. The molecule has 2 aromatic rings. The zero-order chi connectivity index (χ0) is 27.9. The van der Waals surface area contributed by atoms with Crippen LogP contribution in [0.3, 0.4) is 0 Å². The lowest BCUT2D eigenvalue weighted by Gasteiger charge is -2.34. The summed E-state index contributed by atoms with van der Waals surface area (Å²) in [5.74, 6) is 1.10. The minimum absolute atomic E-state index is 0.0708. The van der Waals surface area contributed by atoms with Crippen LogP contribution >= 0.6 is 0 Å². The van der Waals surface area contributed by atoms with Gasteiger partial charge in [0, 0.05) is 70.0 Å². The number of nitrogens with zero attached hydrogens (tertiary/aromatic N) is 4. The van der Waals surface area contributed by atoms with Crippen molar-refractivity contribution in [2.45, 2.75) is 45.1 Å². The zero-order valence-electron chi connectivity index (χ0n) is 24.1. The number of carbonyl (C=O) groups is 1. The van der Waals surface area contributed by atoms with Crippen LogP contribution in [-0.2, 0) is 4.74 Å². The molecule has 0 aliphatic carbocycles. The van der Waals surface area contributed by atoms with Gasteiger partial charge in [0.25, 0.3) is 5.91 Å². The Morgan fingerprint density at radius 3 is 2.48 bits per heavy atom. The Kier molecular flexibility index (Phi) is 9.39. The fraction of sp³-hybridized carbons (Fsp3) is 0.500. The normalized spacial score (nSPS) is 18.8. The first-order chi connectivity index (χ1) is 19.6. The van der Waals surface area contributed by atoms with Gasteiger partial charge in [-0.15, -0.1) is 0 Å². The number of anilines is 1. The number of benzene rings is 2. The second-order valence-corrected chi connectivity index (χ2v) is 10.8. The molecule has 3 aliphatic rings. The molecule has 1 saturated heterocycles. The van der Waals surface area contributed by atoms with Gasteiger partial charge in [0.15, 0.2) is 11.5 Å². The molecule has 8 nitrogen and oxygen atoms in total. The van der Waals surface area contributed by atoms with Crippen molar-refractivity contribution in [3.05, 3.63) is 53.7 Å². The highest BCUT2D eigenvalue weighted by Crippen LogP contribution is 2.40. The zero-order valence-corrected chi connectivity index (χ0v) is 24.1. The molecule has 2 aromatic carbocycles. The van der Waals surface area contributed by atoms with Crippen LogP contribution in [0.4, 0.5) is 11.4 Å². The quantitative estimate of drug-likeness (QED) is 0.333. The monoisotopic (exact) mass is 546 g/mol. The Labute approximate surface area is 238 Å². The Bertz CT molecular complexity index is 1220. The lowest BCUT2D eigenvalue weighted by molar-refractivity contribution is 0.0817. The smallest absolute Gasteiger partial charge is 0.260 e. The summed E-state index contributed by atoms with van der Waals surface area (Å²) in [6.07, 6.45) is 8.65. The number of piperazine rings is 1. The van der Waals surface area contributed by atoms with Gasteiger partial charge in [-0.05, 0) is 62.1 Å². The molecule has 5 rings (SSSR count). The topological polar surface area (TPSA) is 66.8 Å². The number of fused-ring (bicyclic) bond motifs is 2. The largest absolute Gasteiger partial charge is 0.493 e. The lowest BCUT2D eigenvalue weighted by Crippen LogP contribution is -2.44. The predicted octanol–water partition coefficient (Wildman–Crippen LogP) is 5.39. The van der Waals surface area contributed by atoms with Crippen molar-refractivity contribution in [1.82, 2.24) is 9.80 Å². The molecule has 0 aromatic heterocycles. The van der Waals surface area contributed by atoms with Gasteiger partial charge < -0.3 is 28.9 Å². The Morgan fingerprint density at radius 1 is 0.950 bits per heavy atom. The van der Waals surface area contributed by atoms with Crippen LogP contribution in [-0.4, -0.2) is 88.1 Å². The molecule has 40 heavy (non-hydrogen) atoms. The van der Waals surface area contributed by atoms with Crippen molar-refractivity contribution in [2.24, 2.45) is 4.99 Å². The number of aliphatic imine (C=N–C) groups is 1. The van der Waals surface area contributed by atoms with E-state index in [2.05, 4.69) is 48.0 Å². The maximum atomic E-state index is 13.7. The number of amides is 1. The summed E-state index contributed by atoms with van der Waals surface area (Å²) in [5, 5.41) is 0. The highest BCUT2D eigenvalue weighted by atomic mass is 16.5. The summed E-state index contributed by atoms with van der Waals surface area (Å²) in [5.41, 5.74) is 4.69. The van der Waals surface area contributed by atoms with Gasteiger partial charge in [-0.1, -0.05) is 19.1 Å². The van der Waals surface area contributed by atoms with Gasteiger partial charge >= 0.3 is 0 Å². The van der Waals surface area contributed by atoms with Crippen LogP contribution in [0.5, 0.6) is 11.5 Å². The first-order valence-electron chi connectivity index (χ1n) is 14.6. The van der Waals surface area contributed by atoms with Crippen molar-refractivity contribution < 1.29 is 19.0 Å². The van der Waals surface area contributed by atoms with Gasteiger partial charge in [-0.3, -0.25) is 9.79 Å². The van der Waals surface area contributed by atoms with Crippen LogP contribution in [0.15, 0.2) is 47.6 Å². The van der Waals surface area contributed by atoms with Crippen molar-refractivity contribution in [2.75, 3.05) is 65.1 Å². The van der Waals surface area contributed by atoms with Gasteiger partial charge in [0.05, 0.1) is 31.0 Å². The van der Waals surface area contributed by atoms with E-state index in [1.807, 2.05) is 18.5 Å². The predicted molar refractivity (Wildman–Crippen MR) is 160 cm³/mol. The number of hydrogen-bond acceptors (Lipinski definition) is 7. The van der Waals surface area contributed by atoms with Gasteiger partial charge in [-0.2, -0.15) is 0 Å². The van der Waals surface area contributed by atoms with E-state index in [1.165, 1.54) is 5.69 Å². The van der Waals surface area contributed by atoms with Crippen molar-refractivity contribution in [3.8, 4) is 11.5 Å². The summed E-state index contributed by atoms with van der Waals surface area (Å²) in [4.78, 5) is 25.0. The average Bonchev–Trinajstić information content (AvgIpc) is 3.37. The molecular weight excluding hydrogens is 504 g/mol. The third-order valence-electron chi connectivity index (χ3n) is 7.86. The molecule has 0 radical (unpaired) electrons. The molecule has 214 valence electrons. The van der Waals surface area contributed by atoms with Gasteiger partial charge in [0.2, 0.25) is 0 Å². The molecule has 0 unspecified atom stereocenters. The molecule has 8 heteroatoms. The fourth-order valence-corrected chi connectivity index (χ4v) is 5.43. The third kappa shape index (κ3) is 6.50. The van der Waals surface area contributed by atoms with E-state index in [0.717, 1.165) is 82.6 Å². The maximum Gasteiger partial charge on any atom is 0.260 e. The number of unbranched alkanes of at least 4 members (excludes halogenated alkanes) is 2. The molecule has 0 saturated carbocycles. The standard InChI is InChI=1S/C32H42N4O4/c1-4-16-39-17-6-5-7-18-40-31-21-29-28(20-30(31)38-3)32(37)36-23-25(19-27(36)22-33-29)24-8-10-26(11-9-24)35-14-12-34(2)13-15-35/h8-11,20-23,27H,4-7,12-19H2,1-3H3/t27-/m0/s1. The first kappa shape index (κ1) is 28.2. The van der Waals surface area contributed by atoms with E-state index < -0.39 is 0 Å². The van der Waals surface area contributed by atoms with Crippen LogP contribution in [0, 0.1) is 0 Å². The van der Waals surface area contributed by atoms with E-state index in [-0.39, 0.29) is 11.9 Å². The van der Waals surface area contributed by atoms with Crippen molar-refractivity contribution in [3.63, 3.8) is 0 Å². The summed E-state index contributed by atoms with van der Waals surface area (Å²) in [6.45, 7) is 8.57. The summed E-state index contributed by atoms with van der Waals surface area (Å²) in [7, 11) is 3.77. The second-order valence-electron chi connectivity index (χ2n) is 10.8. The number of carbonyl (C=O) groups excluding carboxylic acids is 1. The minimum atomic E-state index is -0.113. The summed E-state index contributed by atoms with van der Waals surface area (Å²) >= 11 is 0.